The molecule has 0 N–H and O–H groups in total. The molecule has 1 aromatic carbocycles. The average Bonchev–Trinajstić information content (AvgIpc) is 3.10. The van der Waals surface area contributed by atoms with Gasteiger partial charge in [0.25, 0.3) is 5.91 Å². The van der Waals surface area contributed by atoms with Gasteiger partial charge in [0.05, 0.1) is 6.20 Å². The second kappa shape index (κ2) is 5.09. The SMILES string of the molecule is O=C(c1cnc(-c2ccc(F)cc2)s1)N1CCCC1. The normalized spacial score (nSPS) is 14.9. The van der Waals surface area contributed by atoms with Gasteiger partial charge < -0.3 is 4.90 Å². The smallest absolute Gasteiger partial charge is 0.265 e. The average molecular weight is 276 g/mol. The van der Waals surface area contributed by atoms with Crippen LogP contribution in [-0.4, -0.2) is 28.9 Å². The van der Waals surface area contributed by atoms with Crippen LogP contribution in [0.15, 0.2) is 30.5 Å². The van der Waals surface area contributed by atoms with Crippen molar-refractivity contribution in [2.24, 2.45) is 0 Å². The maximum atomic E-state index is 12.9. The van der Waals surface area contributed by atoms with Gasteiger partial charge in [-0.15, -0.1) is 11.3 Å². The van der Waals surface area contributed by atoms with Crippen LogP contribution in [-0.2, 0) is 0 Å². The van der Waals surface area contributed by atoms with Crippen molar-refractivity contribution in [2.45, 2.75) is 12.8 Å². The Bertz CT molecular complexity index is 588. The summed E-state index contributed by atoms with van der Waals surface area (Å²) in [4.78, 5) is 19.0. The van der Waals surface area contributed by atoms with Gasteiger partial charge in [0, 0.05) is 18.7 Å². The molecule has 98 valence electrons. The van der Waals surface area contributed by atoms with Gasteiger partial charge in [-0.25, -0.2) is 9.37 Å². The Morgan fingerprint density at radius 1 is 1.21 bits per heavy atom. The summed E-state index contributed by atoms with van der Waals surface area (Å²) in [5.74, 6) is -0.211. The van der Waals surface area contributed by atoms with Gasteiger partial charge in [-0.1, -0.05) is 0 Å². The minimum atomic E-state index is -0.270. The van der Waals surface area contributed by atoms with Crippen molar-refractivity contribution in [3.05, 3.63) is 41.2 Å². The Balaban J connectivity index is 1.82. The highest BCUT2D eigenvalue weighted by Crippen LogP contribution is 2.26. The van der Waals surface area contributed by atoms with Crippen LogP contribution >= 0.6 is 11.3 Å². The highest BCUT2D eigenvalue weighted by Gasteiger charge is 2.21. The molecule has 1 aliphatic heterocycles. The molecule has 1 aromatic heterocycles. The van der Waals surface area contributed by atoms with Crippen molar-refractivity contribution in [3.63, 3.8) is 0 Å². The second-order valence-corrected chi connectivity index (χ2v) is 5.57. The topological polar surface area (TPSA) is 33.2 Å². The number of amides is 1. The first-order valence-electron chi connectivity index (χ1n) is 6.25. The standard InChI is InChI=1S/C14H13FN2OS/c15-11-5-3-10(4-6-11)13-16-9-12(19-13)14(18)17-7-1-2-8-17/h3-6,9H,1-2,7-8H2. The van der Waals surface area contributed by atoms with Crippen LogP contribution in [0.25, 0.3) is 10.6 Å². The van der Waals surface area contributed by atoms with E-state index in [1.54, 1.807) is 18.3 Å². The first-order valence-corrected chi connectivity index (χ1v) is 7.07. The number of thiazole rings is 1. The summed E-state index contributed by atoms with van der Waals surface area (Å²) >= 11 is 1.36. The molecule has 3 rings (SSSR count). The molecule has 2 heterocycles. The highest BCUT2D eigenvalue weighted by molar-refractivity contribution is 7.16. The summed E-state index contributed by atoms with van der Waals surface area (Å²) in [7, 11) is 0. The molecule has 0 saturated carbocycles. The molecule has 1 saturated heterocycles. The van der Waals surface area contributed by atoms with Crippen LogP contribution in [0.5, 0.6) is 0 Å². The minimum Gasteiger partial charge on any atom is -0.338 e. The molecule has 0 unspecified atom stereocenters. The second-order valence-electron chi connectivity index (χ2n) is 4.54. The van der Waals surface area contributed by atoms with Crippen molar-refractivity contribution in [1.82, 2.24) is 9.88 Å². The predicted molar refractivity (Wildman–Crippen MR) is 72.6 cm³/mol. The molecule has 0 atom stereocenters. The zero-order valence-electron chi connectivity index (χ0n) is 10.3. The zero-order valence-corrected chi connectivity index (χ0v) is 11.1. The first-order chi connectivity index (χ1) is 9.24. The van der Waals surface area contributed by atoms with E-state index in [9.17, 15) is 9.18 Å². The Morgan fingerprint density at radius 2 is 1.89 bits per heavy atom. The fraction of sp³-hybridized carbons (Fsp3) is 0.286. The monoisotopic (exact) mass is 276 g/mol. The summed E-state index contributed by atoms with van der Waals surface area (Å²) in [5.41, 5.74) is 0.840. The minimum absolute atomic E-state index is 0.0587. The van der Waals surface area contributed by atoms with Gasteiger partial charge in [0.15, 0.2) is 0 Å². The van der Waals surface area contributed by atoms with Crippen LogP contribution in [0.2, 0.25) is 0 Å². The van der Waals surface area contributed by atoms with Crippen molar-refractivity contribution < 1.29 is 9.18 Å². The van der Waals surface area contributed by atoms with E-state index in [4.69, 9.17) is 0 Å². The maximum Gasteiger partial charge on any atom is 0.265 e. The lowest BCUT2D eigenvalue weighted by atomic mass is 10.2. The fourth-order valence-electron chi connectivity index (χ4n) is 2.17. The van der Waals surface area contributed by atoms with E-state index >= 15 is 0 Å². The Morgan fingerprint density at radius 3 is 2.58 bits per heavy atom. The molecular formula is C14H13FN2OS. The van der Waals surface area contributed by atoms with E-state index in [1.807, 2.05) is 4.90 Å². The van der Waals surface area contributed by atoms with Crippen LogP contribution in [0.3, 0.4) is 0 Å². The molecule has 1 amide bonds. The van der Waals surface area contributed by atoms with Gasteiger partial charge in [-0.3, -0.25) is 4.79 Å². The predicted octanol–water partition coefficient (Wildman–Crippen LogP) is 3.19. The Kier molecular flexibility index (Phi) is 3.29. The molecule has 19 heavy (non-hydrogen) atoms. The number of aromatic nitrogens is 1. The molecule has 5 heteroatoms. The lowest BCUT2D eigenvalue weighted by molar-refractivity contribution is 0.0797. The quantitative estimate of drug-likeness (QED) is 0.844. The van der Waals surface area contributed by atoms with Gasteiger partial charge >= 0.3 is 0 Å². The summed E-state index contributed by atoms with van der Waals surface area (Å²) in [6, 6.07) is 6.16. The van der Waals surface area contributed by atoms with E-state index in [0.29, 0.717) is 4.88 Å². The Labute approximate surface area is 114 Å². The molecule has 1 fully saturated rings. The highest BCUT2D eigenvalue weighted by atomic mass is 32.1. The van der Waals surface area contributed by atoms with E-state index in [-0.39, 0.29) is 11.7 Å². The van der Waals surface area contributed by atoms with Crippen LogP contribution in [0.4, 0.5) is 4.39 Å². The fourth-order valence-corrected chi connectivity index (χ4v) is 3.06. The maximum absolute atomic E-state index is 12.9. The van der Waals surface area contributed by atoms with Crippen molar-refractivity contribution in [2.75, 3.05) is 13.1 Å². The lowest BCUT2D eigenvalue weighted by Crippen LogP contribution is -2.26. The van der Waals surface area contributed by atoms with E-state index in [1.165, 1.54) is 23.5 Å². The number of halogens is 1. The number of rotatable bonds is 2. The molecular weight excluding hydrogens is 263 g/mol. The summed E-state index contributed by atoms with van der Waals surface area (Å²) in [5, 5.41) is 0.752. The third-order valence-electron chi connectivity index (χ3n) is 3.20. The van der Waals surface area contributed by atoms with Gasteiger partial charge in [-0.2, -0.15) is 0 Å². The number of hydrogen-bond acceptors (Lipinski definition) is 3. The molecule has 0 aliphatic carbocycles. The number of carbonyl (C=O) groups excluding carboxylic acids is 1. The molecule has 3 nitrogen and oxygen atoms in total. The van der Waals surface area contributed by atoms with Gasteiger partial charge in [0.2, 0.25) is 0 Å². The molecule has 0 radical (unpaired) electrons. The summed E-state index contributed by atoms with van der Waals surface area (Å²) in [6.07, 6.45) is 3.77. The van der Waals surface area contributed by atoms with Crippen LogP contribution < -0.4 is 0 Å². The lowest BCUT2D eigenvalue weighted by Gasteiger charge is -2.12. The zero-order chi connectivity index (χ0) is 13.2. The number of carbonyl (C=O) groups is 1. The number of nitrogens with zero attached hydrogens (tertiary/aromatic N) is 2. The Hall–Kier alpha value is -1.75. The molecule has 2 aromatic rings. The van der Waals surface area contributed by atoms with Crippen molar-refractivity contribution >= 4 is 17.2 Å². The largest absolute Gasteiger partial charge is 0.338 e. The summed E-state index contributed by atoms with van der Waals surface area (Å²) in [6.45, 7) is 1.67. The number of hydrogen-bond donors (Lipinski definition) is 0. The van der Waals surface area contributed by atoms with Crippen LogP contribution in [0.1, 0.15) is 22.5 Å². The third-order valence-corrected chi connectivity index (χ3v) is 4.24. The number of likely N-dealkylation sites (tertiary alicyclic amines) is 1. The van der Waals surface area contributed by atoms with Crippen molar-refractivity contribution in [3.8, 4) is 10.6 Å². The van der Waals surface area contributed by atoms with E-state index in [0.717, 1.165) is 36.5 Å². The molecule has 0 bridgehead atoms. The first kappa shape index (κ1) is 12.3. The van der Waals surface area contributed by atoms with E-state index in [2.05, 4.69) is 4.98 Å². The molecule has 0 spiro atoms. The van der Waals surface area contributed by atoms with Gasteiger partial charge in [-0.05, 0) is 37.1 Å². The molecule has 1 aliphatic rings. The summed E-state index contributed by atoms with van der Waals surface area (Å²) < 4.78 is 12.9. The third kappa shape index (κ3) is 2.51. The van der Waals surface area contributed by atoms with Crippen LogP contribution in [0, 0.1) is 5.82 Å². The van der Waals surface area contributed by atoms with Crippen molar-refractivity contribution in [1.29, 1.82) is 0 Å². The number of benzene rings is 1. The van der Waals surface area contributed by atoms with E-state index < -0.39 is 0 Å². The van der Waals surface area contributed by atoms with Gasteiger partial charge in [0.1, 0.15) is 15.7 Å².